The van der Waals surface area contributed by atoms with E-state index in [1.165, 1.54) is 0 Å². The maximum atomic E-state index is 12.2. The summed E-state index contributed by atoms with van der Waals surface area (Å²) >= 11 is 0. The molecule has 1 heterocycles. The zero-order chi connectivity index (χ0) is 7.40. The molecular weight excluding hydrogens is 133 g/mol. The molecule has 1 atom stereocenters. The monoisotopic (exact) mass is 147 g/mol. The predicted octanol–water partition coefficient (Wildman–Crippen LogP) is 0.723. The summed E-state index contributed by atoms with van der Waals surface area (Å²) in [5, 5.41) is 3.08. The van der Waals surface area contributed by atoms with Gasteiger partial charge in [0, 0.05) is 26.1 Å². The molecule has 1 unspecified atom stereocenters. The molecule has 1 N–H and O–H groups in total. The zero-order valence-electron chi connectivity index (χ0n) is 6.27. The van der Waals surface area contributed by atoms with Gasteiger partial charge in [0.1, 0.15) is 0 Å². The van der Waals surface area contributed by atoms with Crippen LogP contribution < -0.4 is 5.32 Å². The molecule has 60 valence electrons. The van der Waals surface area contributed by atoms with E-state index in [2.05, 4.69) is 5.32 Å². The average molecular weight is 147 g/mol. The molecule has 1 aliphatic rings. The van der Waals surface area contributed by atoms with Crippen molar-refractivity contribution >= 4 is 0 Å². The summed E-state index contributed by atoms with van der Waals surface area (Å²) in [6.07, 6.45) is 0.142. The Kier molecular flexibility index (Phi) is 3.09. The molecule has 10 heavy (non-hydrogen) atoms. The van der Waals surface area contributed by atoms with Crippen molar-refractivity contribution in [1.29, 1.82) is 0 Å². The fourth-order valence-electron chi connectivity index (χ4n) is 0.777. The Labute approximate surface area is 60.8 Å². The Hall–Kier alpha value is -0.150. The first-order valence-electron chi connectivity index (χ1n) is 3.75. The van der Waals surface area contributed by atoms with E-state index >= 15 is 0 Å². The van der Waals surface area contributed by atoms with E-state index in [0.29, 0.717) is 19.1 Å². The molecule has 0 amide bonds. The van der Waals surface area contributed by atoms with Crippen LogP contribution in [0.4, 0.5) is 4.39 Å². The van der Waals surface area contributed by atoms with Crippen molar-refractivity contribution < 1.29 is 9.13 Å². The van der Waals surface area contributed by atoms with Gasteiger partial charge in [0.25, 0.3) is 0 Å². The van der Waals surface area contributed by atoms with Crippen LogP contribution in [0.25, 0.3) is 0 Å². The molecule has 1 saturated heterocycles. The van der Waals surface area contributed by atoms with Crippen molar-refractivity contribution in [3.63, 3.8) is 0 Å². The smallest absolute Gasteiger partial charge is 0.0995 e. The van der Waals surface area contributed by atoms with Crippen LogP contribution in [0.15, 0.2) is 0 Å². The van der Waals surface area contributed by atoms with Gasteiger partial charge < -0.3 is 10.1 Å². The van der Waals surface area contributed by atoms with Gasteiger partial charge in [-0.25, -0.2) is 4.39 Å². The quantitative estimate of drug-likeness (QED) is 0.632. The molecule has 2 nitrogen and oxygen atoms in total. The van der Waals surface area contributed by atoms with E-state index in [1.807, 2.05) is 0 Å². The highest BCUT2D eigenvalue weighted by Gasteiger charge is 2.16. The SMILES string of the molecule is CC(F)CCOC1CNC1. The summed E-state index contributed by atoms with van der Waals surface area (Å²) in [5.41, 5.74) is 0. The highest BCUT2D eigenvalue weighted by atomic mass is 19.1. The van der Waals surface area contributed by atoms with E-state index < -0.39 is 6.17 Å². The van der Waals surface area contributed by atoms with Crippen LogP contribution in [0.3, 0.4) is 0 Å². The van der Waals surface area contributed by atoms with Gasteiger partial charge in [-0.1, -0.05) is 0 Å². The molecule has 0 radical (unpaired) electrons. The van der Waals surface area contributed by atoms with E-state index in [-0.39, 0.29) is 0 Å². The molecule has 0 bridgehead atoms. The highest BCUT2D eigenvalue weighted by molar-refractivity contribution is 4.74. The van der Waals surface area contributed by atoms with Crippen LogP contribution in [0, 0.1) is 0 Å². The summed E-state index contributed by atoms with van der Waals surface area (Å²) in [4.78, 5) is 0. The van der Waals surface area contributed by atoms with Gasteiger partial charge >= 0.3 is 0 Å². The summed E-state index contributed by atoms with van der Waals surface area (Å²) in [7, 11) is 0. The topological polar surface area (TPSA) is 21.3 Å². The number of hydrogen-bond acceptors (Lipinski definition) is 2. The minimum atomic E-state index is -0.729. The highest BCUT2D eigenvalue weighted by Crippen LogP contribution is 2.01. The molecule has 0 aromatic carbocycles. The van der Waals surface area contributed by atoms with Crippen LogP contribution in [-0.2, 0) is 4.74 Å². The number of alkyl halides is 1. The molecule has 0 saturated carbocycles. The zero-order valence-corrected chi connectivity index (χ0v) is 6.27. The van der Waals surface area contributed by atoms with Crippen LogP contribution in [0.2, 0.25) is 0 Å². The summed E-state index contributed by atoms with van der Waals surface area (Å²) in [6, 6.07) is 0. The van der Waals surface area contributed by atoms with Gasteiger partial charge in [-0.2, -0.15) is 0 Å². The second-order valence-electron chi connectivity index (χ2n) is 2.72. The van der Waals surface area contributed by atoms with Crippen molar-refractivity contribution in [1.82, 2.24) is 5.32 Å². The van der Waals surface area contributed by atoms with Gasteiger partial charge in [0.05, 0.1) is 12.3 Å². The van der Waals surface area contributed by atoms with E-state index in [1.54, 1.807) is 6.92 Å². The number of nitrogens with one attached hydrogen (secondary N) is 1. The van der Waals surface area contributed by atoms with Crippen LogP contribution >= 0.6 is 0 Å². The van der Waals surface area contributed by atoms with Gasteiger partial charge in [0.15, 0.2) is 0 Å². The number of hydrogen-bond donors (Lipinski definition) is 1. The maximum Gasteiger partial charge on any atom is 0.0995 e. The van der Waals surface area contributed by atoms with Crippen molar-refractivity contribution in [3.05, 3.63) is 0 Å². The predicted molar refractivity (Wildman–Crippen MR) is 37.8 cm³/mol. The third-order valence-electron chi connectivity index (χ3n) is 1.61. The average Bonchev–Trinajstić information content (AvgIpc) is 1.75. The first-order valence-corrected chi connectivity index (χ1v) is 3.75. The second-order valence-corrected chi connectivity index (χ2v) is 2.72. The minimum Gasteiger partial charge on any atom is -0.375 e. The Morgan fingerprint density at radius 1 is 1.70 bits per heavy atom. The lowest BCUT2D eigenvalue weighted by Gasteiger charge is -2.27. The fourth-order valence-corrected chi connectivity index (χ4v) is 0.777. The third kappa shape index (κ3) is 2.62. The first kappa shape index (κ1) is 7.95. The lowest BCUT2D eigenvalue weighted by atomic mass is 10.2. The van der Waals surface area contributed by atoms with Gasteiger partial charge in [-0.05, 0) is 6.92 Å². The number of rotatable bonds is 4. The Balaban J connectivity index is 1.85. The molecule has 3 heteroatoms. The molecule has 0 spiro atoms. The molecule has 0 aromatic rings. The largest absolute Gasteiger partial charge is 0.375 e. The Morgan fingerprint density at radius 3 is 2.80 bits per heavy atom. The molecule has 0 aromatic heterocycles. The van der Waals surface area contributed by atoms with Crippen molar-refractivity contribution in [2.75, 3.05) is 19.7 Å². The molecule has 0 aliphatic carbocycles. The first-order chi connectivity index (χ1) is 4.79. The van der Waals surface area contributed by atoms with Gasteiger partial charge in [-0.15, -0.1) is 0 Å². The lowest BCUT2D eigenvalue weighted by molar-refractivity contribution is 0.0110. The normalized spacial score (nSPS) is 22.2. The van der Waals surface area contributed by atoms with Crippen LogP contribution in [-0.4, -0.2) is 32.0 Å². The number of ether oxygens (including phenoxy) is 1. The third-order valence-corrected chi connectivity index (χ3v) is 1.61. The Bertz CT molecular complexity index is 93.6. The molecule has 1 rings (SSSR count). The van der Waals surface area contributed by atoms with Crippen LogP contribution in [0.5, 0.6) is 0 Å². The molecule has 1 aliphatic heterocycles. The summed E-state index contributed by atoms with van der Waals surface area (Å²) in [6.45, 7) is 3.98. The van der Waals surface area contributed by atoms with E-state index in [9.17, 15) is 4.39 Å². The molecular formula is C7H14FNO. The van der Waals surface area contributed by atoms with E-state index in [0.717, 1.165) is 13.1 Å². The molecule has 1 fully saturated rings. The standard InChI is InChI=1S/C7H14FNO/c1-6(8)2-3-10-7-4-9-5-7/h6-7,9H,2-5H2,1H3. The lowest BCUT2D eigenvalue weighted by Crippen LogP contribution is -2.48. The second kappa shape index (κ2) is 3.88. The summed E-state index contributed by atoms with van der Waals surface area (Å²) < 4.78 is 17.5. The van der Waals surface area contributed by atoms with Gasteiger partial charge in [-0.3, -0.25) is 0 Å². The summed E-state index contributed by atoms with van der Waals surface area (Å²) in [5.74, 6) is 0. The van der Waals surface area contributed by atoms with Crippen molar-refractivity contribution in [3.8, 4) is 0 Å². The van der Waals surface area contributed by atoms with Gasteiger partial charge in [0.2, 0.25) is 0 Å². The van der Waals surface area contributed by atoms with Crippen molar-refractivity contribution in [2.24, 2.45) is 0 Å². The maximum absolute atomic E-state index is 12.2. The van der Waals surface area contributed by atoms with Crippen molar-refractivity contribution in [2.45, 2.75) is 25.6 Å². The Morgan fingerprint density at radius 2 is 2.40 bits per heavy atom. The van der Waals surface area contributed by atoms with E-state index in [4.69, 9.17) is 4.74 Å². The van der Waals surface area contributed by atoms with Crippen LogP contribution in [0.1, 0.15) is 13.3 Å². The fraction of sp³-hybridized carbons (Fsp3) is 1.00. The minimum absolute atomic E-state index is 0.346. The number of halogens is 1.